The second kappa shape index (κ2) is 4.94. The van der Waals surface area contributed by atoms with Crippen LogP contribution in [-0.2, 0) is 21.4 Å². The summed E-state index contributed by atoms with van der Waals surface area (Å²) in [5, 5.41) is 4.00. The van der Waals surface area contributed by atoms with Gasteiger partial charge in [0.05, 0.1) is 6.61 Å². The largest absolute Gasteiger partial charge is 0.465 e. The van der Waals surface area contributed by atoms with E-state index in [9.17, 15) is 4.79 Å². The monoisotopic (exact) mass is 266 g/mol. The lowest BCUT2D eigenvalue weighted by Gasteiger charge is -2.35. The summed E-state index contributed by atoms with van der Waals surface area (Å²) < 4.78 is 10.5. The van der Waals surface area contributed by atoms with Crippen molar-refractivity contribution in [3.63, 3.8) is 0 Å². The fraction of sp³-hybridized carbons (Fsp3) is 0.786. The van der Waals surface area contributed by atoms with Gasteiger partial charge < -0.3 is 9.26 Å². The van der Waals surface area contributed by atoms with Gasteiger partial charge in [-0.25, -0.2) is 0 Å². The highest BCUT2D eigenvalue weighted by atomic mass is 16.5. The number of hydrogen-bond acceptors (Lipinski definition) is 5. The van der Waals surface area contributed by atoms with Crippen molar-refractivity contribution in [3.8, 4) is 0 Å². The Balaban J connectivity index is 2.18. The van der Waals surface area contributed by atoms with Crippen LogP contribution in [0.5, 0.6) is 0 Å². The summed E-state index contributed by atoms with van der Waals surface area (Å²) in [5.41, 5.74) is -0.586. The molecule has 0 atom stereocenters. The molecule has 1 aliphatic rings. The minimum absolute atomic E-state index is 0.0951. The van der Waals surface area contributed by atoms with Crippen LogP contribution in [0, 0.1) is 5.41 Å². The summed E-state index contributed by atoms with van der Waals surface area (Å²) in [6.07, 6.45) is 3.21. The van der Waals surface area contributed by atoms with Gasteiger partial charge in [-0.3, -0.25) is 4.79 Å². The van der Waals surface area contributed by atoms with Crippen LogP contribution in [-0.4, -0.2) is 22.7 Å². The summed E-state index contributed by atoms with van der Waals surface area (Å²) >= 11 is 0. The summed E-state index contributed by atoms with van der Waals surface area (Å²) in [4.78, 5) is 16.5. The van der Waals surface area contributed by atoms with Crippen molar-refractivity contribution in [1.82, 2.24) is 10.1 Å². The first kappa shape index (κ1) is 14.0. The van der Waals surface area contributed by atoms with Gasteiger partial charge in [-0.15, -0.1) is 0 Å². The third-order valence-corrected chi connectivity index (χ3v) is 3.44. The number of carbonyl (C=O) groups excluding carboxylic acids is 1. The fourth-order valence-electron chi connectivity index (χ4n) is 2.30. The molecule has 0 radical (unpaired) electrons. The zero-order valence-corrected chi connectivity index (χ0v) is 12.2. The van der Waals surface area contributed by atoms with Crippen molar-refractivity contribution in [2.75, 3.05) is 6.61 Å². The highest BCUT2D eigenvalue weighted by molar-refractivity contribution is 5.82. The Labute approximate surface area is 113 Å². The molecule has 0 aliphatic heterocycles. The van der Waals surface area contributed by atoms with Crippen molar-refractivity contribution in [3.05, 3.63) is 11.7 Å². The second-order valence-electron chi connectivity index (χ2n) is 6.41. The average molecular weight is 266 g/mol. The van der Waals surface area contributed by atoms with Gasteiger partial charge in [0.1, 0.15) is 5.41 Å². The van der Waals surface area contributed by atoms with Crippen molar-refractivity contribution in [1.29, 1.82) is 0 Å². The summed E-state index contributed by atoms with van der Waals surface area (Å²) in [7, 11) is 0. The van der Waals surface area contributed by atoms with E-state index in [1.165, 1.54) is 0 Å². The lowest BCUT2D eigenvalue weighted by Crippen LogP contribution is -2.44. The van der Waals surface area contributed by atoms with Crippen LogP contribution in [0.3, 0.4) is 0 Å². The van der Waals surface area contributed by atoms with Crippen molar-refractivity contribution < 1.29 is 14.1 Å². The molecular weight excluding hydrogens is 244 g/mol. The number of aromatic nitrogens is 2. The first-order valence-electron chi connectivity index (χ1n) is 6.88. The van der Waals surface area contributed by atoms with Gasteiger partial charge in [0.25, 0.3) is 0 Å². The third kappa shape index (κ3) is 2.80. The topological polar surface area (TPSA) is 65.2 Å². The Kier molecular flexibility index (Phi) is 3.65. The molecule has 5 heteroatoms. The number of esters is 1. The zero-order valence-electron chi connectivity index (χ0n) is 12.2. The number of rotatable bonds is 4. The number of ether oxygens (including phenoxy) is 1. The maximum atomic E-state index is 12.1. The van der Waals surface area contributed by atoms with Gasteiger partial charge in [-0.2, -0.15) is 4.98 Å². The van der Waals surface area contributed by atoms with Crippen LogP contribution in [0.25, 0.3) is 0 Å². The molecule has 1 fully saturated rings. The van der Waals surface area contributed by atoms with E-state index >= 15 is 0 Å². The molecular formula is C14H22N2O3. The van der Waals surface area contributed by atoms with Gasteiger partial charge in [0.2, 0.25) is 5.89 Å². The normalized spacial score (nSPS) is 17.9. The van der Waals surface area contributed by atoms with E-state index < -0.39 is 5.41 Å². The van der Waals surface area contributed by atoms with E-state index in [-0.39, 0.29) is 11.4 Å². The summed E-state index contributed by atoms with van der Waals surface area (Å²) in [6, 6.07) is 0. The molecule has 5 nitrogen and oxygen atoms in total. The number of nitrogens with zero attached hydrogens (tertiary/aromatic N) is 2. The van der Waals surface area contributed by atoms with Gasteiger partial charge in [-0.1, -0.05) is 32.3 Å². The van der Waals surface area contributed by atoms with Crippen molar-refractivity contribution in [2.24, 2.45) is 5.41 Å². The highest BCUT2D eigenvalue weighted by Crippen LogP contribution is 2.44. The summed E-state index contributed by atoms with van der Waals surface area (Å²) in [5.74, 6) is 0.863. The summed E-state index contributed by atoms with van der Waals surface area (Å²) in [6.45, 7) is 8.54. The van der Waals surface area contributed by atoms with Gasteiger partial charge >= 0.3 is 5.97 Å². The van der Waals surface area contributed by atoms with E-state index in [4.69, 9.17) is 9.26 Å². The molecule has 0 saturated heterocycles. The van der Waals surface area contributed by atoms with Crippen LogP contribution in [0.2, 0.25) is 0 Å². The van der Waals surface area contributed by atoms with Crippen LogP contribution in [0.4, 0.5) is 0 Å². The SMILES string of the molecule is CCOC(=O)C1(c2nc(CC(C)(C)C)no2)CCC1. The van der Waals surface area contributed by atoms with E-state index in [2.05, 4.69) is 30.9 Å². The maximum absolute atomic E-state index is 12.1. The molecule has 0 N–H and O–H groups in total. The Morgan fingerprint density at radius 1 is 1.42 bits per heavy atom. The lowest BCUT2D eigenvalue weighted by atomic mass is 9.68. The predicted octanol–water partition coefficient (Wildman–Crippen LogP) is 2.64. The van der Waals surface area contributed by atoms with Crippen LogP contribution in [0.1, 0.15) is 58.7 Å². The van der Waals surface area contributed by atoms with Crippen LogP contribution in [0.15, 0.2) is 4.52 Å². The average Bonchev–Trinajstić information content (AvgIpc) is 2.62. The van der Waals surface area contributed by atoms with Gasteiger partial charge in [0.15, 0.2) is 5.82 Å². The smallest absolute Gasteiger partial charge is 0.321 e. The third-order valence-electron chi connectivity index (χ3n) is 3.44. The molecule has 0 bridgehead atoms. The first-order valence-corrected chi connectivity index (χ1v) is 6.88. The zero-order chi connectivity index (χ0) is 14.1. The van der Waals surface area contributed by atoms with Gasteiger partial charge in [0, 0.05) is 6.42 Å². The second-order valence-corrected chi connectivity index (χ2v) is 6.41. The molecule has 2 rings (SSSR count). The van der Waals surface area contributed by atoms with Crippen LogP contribution >= 0.6 is 0 Å². The van der Waals surface area contributed by atoms with Crippen LogP contribution < -0.4 is 0 Å². The first-order chi connectivity index (χ1) is 8.87. The Morgan fingerprint density at radius 2 is 2.11 bits per heavy atom. The van der Waals surface area contributed by atoms with Gasteiger partial charge in [-0.05, 0) is 25.2 Å². The Hall–Kier alpha value is -1.39. The number of hydrogen-bond donors (Lipinski definition) is 0. The predicted molar refractivity (Wildman–Crippen MR) is 69.6 cm³/mol. The molecule has 1 saturated carbocycles. The quantitative estimate of drug-likeness (QED) is 0.784. The lowest BCUT2D eigenvalue weighted by molar-refractivity contribution is -0.155. The molecule has 1 aromatic rings. The Morgan fingerprint density at radius 3 is 2.58 bits per heavy atom. The van der Waals surface area contributed by atoms with Crippen molar-refractivity contribution in [2.45, 2.75) is 58.8 Å². The molecule has 0 spiro atoms. The van der Waals surface area contributed by atoms with E-state index in [0.29, 0.717) is 18.3 Å². The molecule has 1 heterocycles. The fourth-order valence-corrected chi connectivity index (χ4v) is 2.30. The standard InChI is InChI=1S/C14H22N2O3/c1-5-18-12(17)14(7-6-8-14)11-15-10(16-19-11)9-13(2,3)4/h5-9H2,1-4H3. The van der Waals surface area contributed by atoms with E-state index in [1.807, 2.05) is 6.92 Å². The maximum Gasteiger partial charge on any atom is 0.321 e. The van der Waals surface area contributed by atoms with E-state index in [0.717, 1.165) is 25.7 Å². The minimum Gasteiger partial charge on any atom is -0.465 e. The van der Waals surface area contributed by atoms with Crippen molar-refractivity contribution >= 4 is 5.97 Å². The molecule has 0 aromatic carbocycles. The minimum atomic E-state index is -0.681. The molecule has 19 heavy (non-hydrogen) atoms. The number of carbonyl (C=O) groups is 1. The highest BCUT2D eigenvalue weighted by Gasteiger charge is 2.51. The molecule has 0 unspecified atom stereocenters. The van der Waals surface area contributed by atoms with E-state index in [1.54, 1.807) is 0 Å². The molecule has 1 aromatic heterocycles. The Bertz CT molecular complexity index is 456. The molecule has 0 amide bonds. The molecule has 1 aliphatic carbocycles. The molecule has 106 valence electrons.